The zero-order valence-electron chi connectivity index (χ0n) is 9.21. The topological polar surface area (TPSA) is 116 Å². The summed E-state index contributed by atoms with van der Waals surface area (Å²) >= 11 is 0. The lowest BCUT2D eigenvalue weighted by Crippen LogP contribution is -2.31. The van der Waals surface area contributed by atoms with Crippen LogP contribution in [0.15, 0.2) is 18.2 Å². The average Bonchev–Trinajstić information content (AvgIpc) is 2.30. The van der Waals surface area contributed by atoms with Crippen molar-refractivity contribution in [2.24, 2.45) is 5.73 Å². The normalized spacial score (nSPS) is 11.9. The molecule has 3 N–H and O–H groups in total. The van der Waals surface area contributed by atoms with Gasteiger partial charge < -0.3 is 15.6 Å². The van der Waals surface area contributed by atoms with Crippen LogP contribution in [-0.4, -0.2) is 28.6 Å². The highest BCUT2D eigenvalue weighted by atomic mass is 19.1. The van der Waals surface area contributed by atoms with Crippen molar-refractivity contribution in [2.75, 3.05) is 6.61 Å². The fourth-order valence-corrected chi connectivity index (χ4v) is 1.14. The number of aliphatic carboxylic acids is 1. The summed E-state index contributed by atoms with van der Waals surface area (Å²) in [5.41, 5.74) is 4.83. The molecule has 1 atom stereocenters. The van der Waals surface area contributed by atoms with Crippen LogP contribution in [-0.2, 0) is 4.79 Å². The van der Waals surface area contributed by atoms with Crippen LogP contribution in [0.25, 0.3) is 0 Å². The summed E-state index contributed by atoms with van der Waals surface area (Å²) in [6, 6.07) is 1.84. The summed E-state index contributed by atoms with van der Waals surface area (Å²) in [4.78, 5) is 20.0. The number of non-ortho nitro benzene ring substituents is 1. The van der Waals surface area contributed by atoms with Gasteiger partial charge in [-0.15, -0.1) is 0 Å². The first-order valence-electron chi connectivity index (χ1n) is 4.97. The van der Waals surface area contributed by atoms with E-state index >= 15 is 0 Å². The first kappa shape index (κ1) is 13.8. The summed E-state index contributed by atoms with van der Waals surface area (Å²) in [5, 5.41) is 18.9. The molecule has 0 bridgehead atoms. The molecule has 98 valence electrons. The maximum absolute atomic E-state index is 13.3. The second-order valence-corrected chi connectivity index (χ2v) is 3.45. The van der Waals surface area contributed by atoms with Gasteiger partial charge in [0.2, 0.25) is 0 Å². The van der Waals surface area contributed by atoms with Crippen molar-refractivity contribution in [2.45, 2.75) is 12.5 Å². The fourth-order valence-electron chi connectivity index (χ4n) is 1.14. The van der Waals surface area contributed by atoms with Gasteiger partial charge in [0.1, 0.15) is 6.04 Å². The van der Waals surface area contributed by atoms with E-state index in [-0.39, 0.29) is 24.5 Å². The van der Waals surface area contributed by atoms with Crippen LogP contribution in [0.1, 0.15) is 6.42 Å². The van der Waals surface area contributed by atoms with Crippen molar-refractivity contribution in [3.05, 3.63) is 34.1 Å². The molecule has 1 rings (SSSR count). The molecule has 0 aliphatic heterocycles. The number of halogens is 1. The molecule has 1 aromatic rings. The highest BCUT2D eigenvalue weighted by Crippen LogP contribution is 2.22. The highest BCUT2D eigenvalue weighted by molar-refractivity contribution is 5.72. The van der Waals surface area contributed by atoms with Gasteiger partial charge in [0.15, 0.2) is 11.6 Å². The summed E-state index contributed by atoms with van der Waals surface area (Å²) < 4.78 is 18.3. The molecular formula is C10H11FN2O5. The van der Waals surface area contributed by atoms with E-state index in [1.165, 1.54) is 0 Å². The molecule has 7 nitrogen and oxygen atoms in total. The molecule has 0 saturated carbocycles. The first-order chi connectivity index (χ1) is 8.41. The molecule has 0 spiro atoms. The van der Waals surface area contributed by atoms with E-state index < -0.39 is 22.8 Å². The van der Waals surface area contributed by atoms with Crippen LogP contribution in [0, 0.1) is 15.9 Å². The maximum Gasteiger partial charge on any atom is 0.320 e. The number of ether oxygens (including phenoxy) is 1. The van der Waals surface area contributed by atoms with Gasteiger partial charge >= 0.3 is 5.97 Å². The molecular weight excluding hydrogens is 247 g/mol. The number of hydrogen-bond acceptors (Lipinski definition) is 5. The van der Waals surface area contributed by atoms with Crippen molar-refractivity contribution in [1.82, 2.24) is 0 Å². The third kappa shape index (κ3) is 3.67. The Bertz CT molecular complexity index is 466. The molecule has 0 aromatic heterocycles. The monoisotopic (exact) mass is 258 g/mol. The second-order valence-electron chi connectivity index (χ2n) is 3.45. The van der Waals surface area contributed by atoms with Crippen LogP contribution in [0.3, 0.4) is 0 Å². The predicted molar refractivity (Wildman–Crippen MR) is 58.8 cm³/mol. The predicted octanol–water partition coefficient (Wildman–Crippen LogP) is 0.915. The molecule has 8 heteroatoms. The smallest absolute Gasteiger partial charge is 0.320 e. The van der Waals surface area contributed by atoms with Crippen LogP contribution in [0.5, 0.6) is 5.75 Å². The molecule has 0 fully saturated rings. The largest absolute Gasteiger partial charge is 0.490 e. The van der Waals surface area contributed by atoms with Gasteiger partial charge in [0.05, 0.1) is 17.6 Å². The number of nitro groups is 1. The standard InChI is InChI=1S/C10H11FN2O5/c11-7-5-6(13(16)17)1-2-9(7)18-4-3-8(12)10(14)15/h1-2,5,8H,3-4,12H2,(H,14,15). The Morgan fingerprint density at radius 2 is 2.28 bits per heavy atom. The van der Waals surface area contributed by atoms with Gasteiger partial charge in [-0.25, -0.2) is 4.39 Å². The molecule has 0 amide bonds. The van der Waals surface area contributed by atoms with Crippen molar-refractivity contribution >= 4 is 11.7 Å². The van der Waals surface area contributed by atoms with Crippen molar-refractivity contribution in [3.63, 3.8) is 0 Å². The average molecular weight is 258 g/mol. The fraction of sp³-hybridized carbons (Fsp3) is 0.300. The first-order valence-corrected chi connectivity index (χ1v) is 4.97. The van der Waals surface area contributed by atoms with E-state index in [2.05, 4.69) is 0 Å². The number of nitrogens with zero attached hydrogens (tertiary/aromatic N) is 1. The van der Waals surface area contributed by atoms with Gasteiger partial charge in [0, 0.05) is 12.5 Å². The van der Waals surface area contributed by atoms with Gasteiger partial charge in [-0.1, -0.05) is 0 Å². The highest BCUT2D eigenvalue weighted by Gasteiger charge is 2.14. The van der Waals surface area contributed by atoms with Gasteiger partial charge in [-0.3, -0.25) is 14.9 Å². The lowest BCUT2D eigenvalue weighted by Gasteiger charge is -2.09. The number of nitro benzene ring substituents is 1. The lowest BCUT2D eigenvalue weighted by atomic mass is 10.2. The Morgan fingerprint density at radius 3 is 2.78 bits per heavy atom. The van der Waals surface area contributed by atoms with E-state index in [1.807, 2.05) is 0 Å². The summed E-state index contributed by atoms with van der Waals surface area (Å²) in [6.07, 6.45) is 0.00572. The molecule has 0 aliphatic carbocycles. The molecule has 1 aromatic carbocycles. The van der Waals surface area contributed by atoms with Crippen molar-refractivity contribution < 1.29 is 24.0 Å². The molecule has 18 heavy (non-hydrogen) atoms. The van der Waals surface area contributed by atoms with E-state index in [0.717, 1.165) is 18.2 Å². The quantitative estimate of drug-likeness (QED) is 0.578. The molecule has 1 unspecified atom stereocenters. The Kier molecular flexibility index (Phi) is 4.55. The van der Waals surface area contributed by atoms with Crippen LogP contribution >= 0.6 is 0 Å². The zero-order chi connectivity index (χ0) is 13.7. The van der Waals surface area contributed by atoms with E-state index in [9.17, 15) is 19.3 Å². The molecule has 0 saturated heterocycles. The number of nitrogens with two attached hydrogens (primary N) is 1. The Labute approximate surface area is 101 Å². The summed E-state index contributed by atoms with van der Waals surface area (Å²) in [5.74, 6) is -2.24. The number of benzene rings is 1. The number of hydrogen-bond donors (Lipinski definition) is 2. The SMILES string of the molecule is NC(CCOc1ccc([N+](=O)[O-])cc1F)C(=O)O. The van der Waals surface area contributed by atoms with Crippen LogP contribution in [0.4, 0.5) is 10.1 Å². The Morgan fingerprint density at radius 1 is 1.61 bits per heavy atom. The summed E-state index contributed by atoms with van der Waals surface area (Å²) in [7, 11) is 0. The van der Waals surface area contributed by atoms with Crippen LogP contribution in [0.2, 0.25) is 0 Å². The van der Waals surface area contributed by atoms with Gasteiger partial charge in [0.25, 0.3) is 5.69 Å². The van der Waals surface area contributed by atoms with Crippen molar-refractivity contribution in [3.8, 4) is 5.75 Å². The molecule has 0 radical (unpaired) electrons. The van der Waals surface area contributed by atoms with Crippen LogP contribution < -0.4 is 10.5 Å². The number of carbonyl (C=O) groups is 1. The zero-order valence-corrected chi connectivity index (χ0v) is 9.21. The minimum atomic E-state index is -1.18. The number of rotatable bonds is 6. The number of carboxylic acid groups (broad SMARTS) is 1. The Hall–Kier alpha value is -2.22. The third-order valence-corrected chi connectivity index (χ3v) is 2.13. The second kappa shape index (κ2) is 5.92. The third-order valence-electron chi connectivity index (χ3n) is 2.13. The summed E-state index contributed by atoms with van der Waals surface area (Å²) in [6.45, 7) is -0.0950. The number of carboxylic acids is 1. The van der Waals surface area contributed by atoms with E-state index in [0.29, 0.717) is 0 Å². The van der Waals surface area contributed by atoms with E-state index in [4.69, 9.17) is 15.6 Å². The molecule has 0 heterocycles. The lowest BCUT2D eigenvalue weighted by molar-refractivity contribution is -0.385. The van der Waals surface area contributed by atoms with Gasteiger partial charge in [-0.05, 0) is 6.07 Å². The molecule has 0 aliphatic rings. The maximum atomic E-state index is 13.3. The minimum Gasteiger partial charge on any atom is -0.490 e. The Balaban J connectivity index is 2.58. The minimum absolute atomic E-state index is 0.00572. The van der Waals surface area contributed by atoms with Crippen molar-refractivity contribution in [1.29, 1.82) is 0 Å². The van der Waals surface area contributed by atoms with Gasteiger partial charge in [-0.2, -0.15) is 0 Å². The van der Waals surface area contributed by atoms with E-state index in [1.54, 1.807) is 0 Å².